The van der Waals surface area contributed by atoms with Crippen molar-refractivity contribution in [2.75, 3.05) is 49.9 Å². The Hall–Kier alpha value is -2.17. The van der Waals surface area contributed by atoms with Gasteiger partial charge in [-0.2, -0.15) is 0 Å². The molecule has 4 N–H and O–H groups in total. The molecule has 6 nitrogen and oxygen atoms in total. The fourth-order valence-corrected chi connectivity index (χ4v) is 7.46. The molecule has 58 heavy (non-hydrogen) atoms. The van der Waals surface area contributed by atoms with Crippen molar-refractivity contribution in [3.8, 4) is 0 Å². The van der Waals surface area contributed by atoms with Crippen LogP contribution in [0.15, 0.2) is 54.6 Å². The molecule has 0 spiro atoms. The first-order chi connectivity index (χ1) is 27.1. The van der Waals surface area contributed by atoms with Crippen molar-refractivity contribution >= 4 is 28.7 Å². The summed E-state index contributed by atoms with van der Waals surface area (Å²) < 4.78 is 15.8. The van der Waals surface area contributed by atoms with Crippen molar-refractivity contribution in [1.82, 2.24) is 0 Å². The molecule has 2 atom stereocenters. The Balaban J connectivity index is 0.000000383. The quantitative estimate of drug-likeness (QED) is 0.121. The topological polar surface area (TPSA) is 89.5 Å². The van der Waals surface area contributed by atoms with Gasteiger partial charge >= 0.3 is 18.9 Å². The number of anilines is 2. The fourth-order valence-electron chi connectivity index (χ4n) is 7.21. The van der Waals surface area contributed by atoms with Gasteiger partial charge in [-0.05, 0) is 96.3 Å². The third-order valence-electron chi connectivity index (χ3n) is 10.7. The number of alkyl halides is 1. The first-order valence-corrected chi connectivity index (χ1v) is 22.6. The Bertz CT molecular complexity index is 1380. The molecule has 3 heterocycles. The zero-order valence-corrected chi connectivity index (χ0v) is 39.7. The Labute approximate surface area is 372 Å². The molecule has 0 bridgehead atoms. The summed E-state index contributed by atoms with van der Waals surface area (Å²) in [4.78, 5) is 0. The van der Waals surface area contributed by atoms with Crippen LogP contribution in [-0.4, -0.2) is 51.1 Å². The zero-order valence-electron chi connectivity index (χ0n) is 39.0. The summed E-state index contributed by atoms with van der Waals surface area (Å²) in [5.74, 6) is 3.69. The van der Waals surface area contributed by atoms with Gasteiger partial charge in [-0.1, -0.05) is 149 Å². The van der Waals surface area contributed by atoms with Crippen LogP contribution in [0.2, 0.25) is 0 Å². The standard InChI is InChI=1S/C17H27NO.C12H19N.C12H18N.C5H9ClO.C4H8O.Li/c1-12(2)15-8-5-9-16(13(3)4)17(15)18-11-14-7-6-10-19-14;2*1-8(2)10-6-5-7-11(9(3)4)12(10)13;6-4-5-2-1-3-7-5;1-2-4-5-3-1;/h5,8-9,12-14,18H,6-7,10-11H2,1-4H3;5-9H,13H2,1-4H3;5-9,13H,1-4H3;5H,1-4H2;1-4H2;/q;;-1;;;+1. The average Bonchev–Trinajstić information content (AvgIpc) is 4.01. The monoisotopic (exact) mass is 814 g/mol. The Morgan fingerprint density at radius 2 is 0.931 bits per heavy atom. The predicted molar refractivity (Wildman–Crippen MR) is 249 cm³/mol. The van der Waals surface area contributed by atoms with Crippen molar-refractivity contribution < 1.29 is 33.1 Å². The van der Waals surface area contributed by atoms with Crippen LogP contribution in [0, 0.1) is 0 Å². The summed E-state index contributed by atoms with van der Waals surface area (Å²) in [6.07, 6.45) is 8.05. The molecule has 3 saturated heterocycles. The number of hydrogen-bond donors (Lipinski definition) is 2. The van der Waals surface area contributed by atoms with Gasteiger partial charge in [0, 0.05) is 50.2 Å². The molecule has 2 unspecified atom stereocenters. The van der Waals surface area contributed by atoms with E-state index in [0.29, 0.717) is 53.6 Å². The minimum absolute atomic E-state index is 0. The van der Waals surface area contributed by atoms with Crippen molar-refractivity contribution in [3.05, 3.63) is 93.7 Å². The van der Waals surface area contributed by atoms with E-state index in [2.05, 4.69) is 143 Å². The maximum atomic E-state index is 8.01. The predicted octanol–water partition coefficient (Wildman–Crippen LogP) is 11.9. The number of rotatable bonds is 10. The zero-order chi connectivity index (χ0) is 42.5. The maximum absolute atomic E-state index is 8.01. The van der Waals surface area contributed by atoms with Gasteiger partial charge in [0.15, 0.2) is 0 Å². The van der Waals surface area contributed by atoms with Crippen molar-refractivity contribution in [3.63, 3.8) is 0 Å². The van der Waals surface area contributed by atoms with E-state index in [0.717, 1.165) is 61.9 Å². The van der Waals surface area contributed by atoms with E-state index in [9.17, 15) is 0 Å². The van der Waals surface area contributed by atoms with Gasteiger partial charge in [-0.3, -0.25) is 0 Å². The molecule has 0 saturated carbocycles. The van der Waals surface area contributed by atoms with E-state index >= 15 is 0 Å². The second-order valence-corrected chi connectivity index (χ2v) is 17.8. The summed E-state index contributed by atoms with van der Waals surface area (Å²) in [7, 11) is 0. The summed E-state index contributed by atoms with van der Waals surface area (Å²) in [6.45, 7) is 31.1. The summed E-state index contributed by atoms with van der Waals surface area (Å²) >= 11 is 5.48. The first kappa shape index (κ1) is 53.8. The molecule has 8 heteroatoms. The van der Waals surface area contributed by atoms with E-state index in [-0.39, 0.29) is 18.9 Å². The molecular formula is C50H81ClLiN3O3. The van der Waals surface area contributed by atoms with Crippen molar-refractivity contribution in [2.45, 2.75) is 169 Å². The number of ether oxygens (including phenoxy) is 3. The SMILES string of the molecule is C1CCOC1.CC(C)c1cccc(C(C)C)c1N.CC(C)c1cccc(C(C)C)c1NCC1CCCO1.CC(C)c1cccc(C(C)C)c1[NH-].ClCC1CCCO1.[Li+]. The second kappa shape index (κ2) is 29.1. The molecule has 0 aliphatic carbocycles. The minimum atomic E-state index is 0. The van der Waals surface area contributed by atoms with Gasteiger partial charge in [0.25, 0.3) is 0 Å². The molecule has 3 aromatic carbocycles. The molecule has 0 aromatic heterocycles. The number of nitrogens with one attached hydrogen (secondary N) is 2. The van der Waals surface area contributed by atoms with Crippen LogP contribution in [0.3, 0.4) is 0 Å². The van der Waals surface area contributed by atoms with E-state index in [1.807, 2.05) is 0 Å². The molecular weight excluding hydrogens is 733 g/mol. The summed E-state index contributed by atoms with van der Waals surface area (Å²) in [5.41, 5.74) is 24.8. The number of nitrogens with two attached hydrogens (primary N) is 1. The van der Waals surface area contributed by atoms with Crippen LogP contribution < -0.4 is 29.9 Å². The van der Waals surface area contributed by atoms with E-state index in [1.165, 1.54) is 60.0 Å². The van der Waals surface area contributed by atoms with Crippen LogP contribution in [0.1, 0.15) is 190 Å². The van der Waals surface area contributed by atoms with Crippen molar-refractivity contribution in [1.29, 1.82) is 0 Å². The van der Waals surface area contributed by atoms with Gasteiger partial charge < -0.3 is 31.0 Å². The molecule has 0 radical (unpaired) electrons. The minimum Gasteiger partial charge on any atom is -0.698 e. The Morgan fingerprint density at radius 1 is 0.569 bits per heavy atom. The number of hydrogen-bond acceptors (Lipinski definition) is 5. The number of halogens is 1. The van der Waals surface area contributed by atoms with E-state index < -0.39 is 0 Å². The molecule has 6 rings (SSSR count). The third-order valence-corrected chi connectivity index (χ3v) is 11.1. The Morgan fingerprint density at radius 3 is 1.22 bits per heavy atom. The third kappa shape index (κ3) is 18.6. The van der Waals surface area contributed by atoms with Crippen LogP contribution >= 0.6 is 11.6 Å². The molecule has 3 aliphatic heterocycles. The van der Waals surface area contributed by atoms with Crippen LogP contribution in [0.25, 0.3) is 5.73 Å². The molecule has 3 fully saturated rings. The maximum Gasteiger partial charge on any atom is 1.00 e. The van der Waals surface area contributed by atoms with Crippen LogP contribution in [0.5, 0.6) is 0 Å². The first-order valence-electron chi connectivity index (χ1n) is 22.1. The van der Waals surface area contributed by atoms with Gasteiger partial charge in [0.1, 0.15) is 0 Å². The van der Waals surface area contributed by atoms with E-state index in [4.69, 9.17) is 37.3 Å². The molecule has 0 amide bonds. The van der Waals surface area contributed by atoms with E-state index in [1.54, 1.807) is 0 Å². The summed E-state index contributed by atoms with van der Waals surface area (Å²) in [6, 6.07) is 19.2. The summed E-state index contributed by atoms with van der Waals surface area (Å²) in [5, 5.41) is 3.66. The normalized spacial score (nSPS) is 17.2. The molecule has 3 aliphatic rings. The number of benzene rings is 3. The molecule has 3 aromatic rings. The van der Waals surface area contributed by atoms with Crippen LogP contribution in [0.4, 0.5) is 17.1 Å². The van der Waals surface area contributed by atoms with Gasteiger partial charge in [0.2, 0.25) is 0 Å². The number of para-hydroxylation sites is 2. The smallest absolute Gasteiger partial charge is 0.698 e. The van der Waals surface area contributed by atoms with Crippen molar-refractivity contribution in [2.24, 2.45) is 0 Å². The second-order valence-electron chi connectivity index (χ2n) is 17.5. The largest absolute Gasteiger partial charge is 1.00 e. The van der Waals surface area contributed by atoms with Crippen LogP contribution in [-0.2, 0) is 14.2 Å². The molecule has 322 valence electrons. The van der Waals surface area contributed by atoms with Gasteiger partial charge in [-0.25, -0.2) is 0 Å². The fraction of sp³-hybridized carbons (Fsp3) is 0.640. The number of nitrogen functional groups attached to an aromatic ring is 1. The average molecular weight is 815 g/mol. The van der Waals surface area contributed by atoms with Gasteiger partial charge in [0.05, 0.1) is 12.2 Å². The Kier molecular flexibility index (Phi) is 27.1. The van der Waals surface area contributed by atoms with Gasteiger partial charge in [-0.15, -0.1) is 17.3 Å².